The van der Waals surface area contributed by atoms with Crippen LogP contribution in [-0.2, 0) is 11.3 Å². The lowest BCUT2D eigenvalue weighted by atomic mass is 10.6. The molecule has 19 heavy (non-hydrogen) atoms. The maximum absolute atomic E-state index is 11.7. The second kappa shape index (κ2) is 5.34. The molecule has 0 radical (unpaired) electrons. The predicted molar refractivity (Wildman–Crippen MR) is 65.0 cm³/mol. The molecule has 100 valence electrons. The molecule has 0 unspecified atom stereocenters. The van der Waals surface area contributed by atoms with E-state index in [1.54, 1.807) is 6.33 Å². The lowest BCUT2D eigenvalue weighted by Crippen LogP contribution is -2.25. The highest BCUT2D eigenvalue weighted by atomic mass is 32.2. The minimum Gasteiger partial charge on any atom is -0.348 e. The maximum Gasteiger partial charge on any atom is 0.230 e. The third kappa shape index (κ3) is 3.08. The first-order valence-corrected chi connectivity index (χ1v) is 6.83. The Bertz CT molecular complexity index is 548. The van der Waals surface area contributed by atoms with E-state index in [1.807, 2.05) is 4.57 Å². The van der Waals surface area contributed by atoms with Crippen molar-refractivity contribution in [3.8, 4) is 0 Å². The number of nitrogens with one attached hydrogen (secondary N) is 2. The fraction of sp³-hybridized carbons (Fsp3) is 0.556. The van der Waals surface area contributed by atoms with Crippen LogP contribution in [0.3, 0.4) is 0 Å². The largest absolute Gasteiger partial charge is 0.348 e. The molecular weight excluding hydrogens is 268 g/mol. The van der Waals surface area contributed by atoms with Crippen LogP contribution in [0.25, 0.3) is 0 Å². The molecule has 1 amide bonds. The van der Waals surface area contributed by atoms with Crippen molar-refractivity contribution < 1.29 is 4.79 Å². The number of hydrogen-bond donors (Lipinski definition) is 2. The van der Waals surface area contributed by atoms with Gasteiger partial charge in [0.2, 0.25) is 5.91 Å². The summed E-state index contributed by atoms with van der Waals surface area (Å²) in [5, 5.41) is 24.6. The summed E-state index contributed by atoms with van der Waals surface area (Å²) in [7, 11) is 0. The summed E-state index contributed by atoms with van der Waals surface area (Å²) in [4.78, 5) is 11.7. The highest BCUT2D eigenvalue weighted by Gasteiger charge is 2.26. The fourth-order valence-corrected chi connectivity index (χ4v) is 2.37. The van der Waals surface area contributed by atoms with E-state index in [4.69, 9.17) is 0 Å². The number of hydrogen-bond acceptors (Lipinski definition) is 7. The summed E-state index contributed by atoms with van der Waals surface area (Å²) >= 11 is 1.38. The van der Waals surface area contributed by atoms with Crippen LogP contribution in [0.2, 0.25) is 0 Å². The summed E-state index contributed by atoms with van der Waals surface area (Å²) in [6.07, 6.45) is 4.04. The Morgan fingerprint density at radius 3 is 3.16 bits per heavy atom. The van der Waals surface area contributed by atoms with E-state index in [0.717, 1.165) is 18.0 Å². The summed E-state index contributed by atoms with van der Waals surface area (Å²) in [6.45, 7) is 0.269. The molecule has 1 aliphatic carbocycles. The number of rotatable bonds is 6. The van der Waals surface area contributed by atoms with Crippen LogP contribution >= 0.6 is 11.8 Å². The summed E-state index contributed by atoms with van der Waals surface area (Å²) < 4.78 is 2.02. The Labute approximate surface area is 112 Å². The van der Waals surface area contributed by atoms with Gasteiger partial charge >= 0.3 is 0 Å². The van der Waals surface area contributed by atoms with Gasteiger partial charge in [0.25, 0.3) is 0 Å². The lowest BCUT2D eigenvalue weighted by molar-refractivity contribution is -0.118. The monoisotopic (exact) mass is 280 g/mol. The van der Waals surface area contributed by atoms with Crippen LogP contribution in [0.1, 0.15) is 24.7 Å². The third-order valence-electron chi connectivity index (χ3n) is 2.65. The predicted octanol–water partition coefficient (Wildman–Crippen LogP) is -0.465. The molecule has 0 aromatic carbocycles. The van der Waals surface area contributed by atoms with Crippen molar-refractivity contribution >= 4 is 17.7 Å². The second-order valence-electron chi connectivity index (χ2n) is 4.15. The van der Waals surface area contributed by atoms with Crippen LogP contribution in [0, 0.1) is 0 Å². The molecule has 1 fully saturated rings. The van der Waals surface area contributed by atoms with Crippen molar-refractivity contribution in [2.45, 2.75) is 30.6 Å². The zero-order chi connectivity index (χ0) is 13.1. The van der Waals surface area contributed by atoms with Gasteiger partial charge in [-0.15, -0.1) is 20.4 Å². The normalized spacial score (nSPS) is 14.5. The third-order valence-corrected chi connectivity index (χ3v) is 3.60. The number of aromatic amines is 1. The average Bonchev–Trinajstić information content (AvgIpc) is 2.94. The highest BCUT2D eigenvalue weighted by Crippen LogP contribution is 2.37. The quantitative estimate of drug-likeness (QED) is 0.688. The molecule has 2 aromatic rings. The smallest absolute Gasteiger partial charge is 0.230 e. The van der Waals surface area contributed by atoms with Gasteiger partial charge in [0.05, 0.1) is 12.3 Å². The molecular formula is C9H12N8OS. The second-order valence-corrected chi connectivity index (χ2v) is 5.09. The Hall–Kier alpha value is -1.97. The van der Waals surface area contributed by atoms with E-state index in [2.05, 4.69) is 36.1 Å². The van der Waals surface area contributed by atoms with E-state index >= 15 is 0 Å². The number of tetrazole rings is 1. The van der Waals surface area contributed by atoms with Gasteiger partial charge in [-0.3, -0.25) is 4.79 Å². The van der Waals surface area contributed by atoms with Crippen LogP contribution in [0.4, 0.5) is 0 Å². The highest BCUT2D eigenvalue weighted by molar-refractivity contribution is 7.99. The van der Waals surface area contributed by atoms with Crippen molar-refractivity contribution in [1.82, 2.24) is 40.7 Å². The number of thioether (sulfide) groups is 1. The first kappa shape index (κ1) is 12.1. The van der Waals surface area contributed by atoms with Crippen molar-refractivity contribution in [3.05, 3.63) is 12.2 Å². The van der Waals surface area contributed by atoms with Crippen molar-refractivity contribution in [2.24, 2.45) is 0 Å². The lowest BCUT2D eigenvalue weighted by Gasteiger charge is -2.04. The van der Waals surface area contributed by atoms with Gasteiger partial charge in [-0.25, -0.2) is 0 Å². The molecule has 3 rings (SSSR count). The van der Waals surface area contributed by atoms with Crippen LogP contribution < -0.4 is 5.32 Å². The maximum atomic E-state index is 11.7. The van der Waals surface area contributed by atoms with Crippen molar-refractivity contribution in [3.63, 3.8) is 0 Å². The number of H-pyrrole nitrogens is 1. The minimum atomic E-state index is -0.0971. The Morgan fingerprint density at radius 1 is 1.53 bits per heavy atom. The molecule has 1 aliphatic rings. The molecule has 1 saturated carbocycles. The molecule has 2 N–H and O–H groups in total. The average molecular weight is 280 g/mol. The minimum absolute atomic E-state index is 0.0971. The number of amides is 1. The molecule has 0 bridgehead atoms. The van der Waals surface area contributed by atoms with E-state index in [1.165, 1.54) is 11.8 Å². The van der Waals surface area contributed by atoms with E-state index < -0.39 is 0 Å². The van der Waals surface area contributed by atoms with Crippen LogP contribution in [-0.4, -0.2) is 47.0 Å². The van der Waals surface area contributed by atoms with E-state index in [0.29, 0.717) is 17.6 Å². The van der Waals surface area contributed by atoms with Crippen molar-refractivity contribution in [2.75, 3.05) is 5.75 Å². The molecule has 2 heterocycles. The molecule has 2 aromatic heterocycles. The van der Waals surface area contributed by atoms with Gasteiger partial charge < -0.3 is 9.88 Å². The Morgan fingerprint density at radius 2 is 2.42 bits per heavy atom. The topological polar surface area (TPSA) is 114 Å². The molecule has 0 spiro atoms. The summed E-state index contributed by atoms with van der Waals surface area (Å²) in [5.41, 5.74) is 0. The Balaban J connectivity index is 1.46. The SMILES string of the molecule is O=C(CSc1nncn1C1CC1)NCc1nn[nH]n1. The van der Waals surface area contributed by atoms with Gasteiger partial charge in [-0.2, -0.15) is 5.21 Å². The Kier molecular flexibility index (Phi) is 3.40. The molecule has 0 saturated heterocycles. The first-order chi connectivity index (χ1) is 9.33. The number of carbonyl (C=O) groups is 1. The molecule has 9 nitrogen and oxygen atoms in total. The fourth-order valence-electron chi connectivity index (χ4n) is 1.55. The van der Waals surface area contributed by atoms with Crippen molar-refractivity contribution in [1.29, 1.82) is 0 Å². The van der Waals surface area contributed by atoms with Gasteiger partial charge in [0, 0.05) is 6.04 Å². The van der Waals surface area contributed by atoms with E-state index in [9.17, 15) is 4.79 Å². The standard InChI is InChI=1S/C9H12N8OS/c18-8(10-3-7-12-15-16-13-7)4-19-9-14-11-5-17(9)6-1-2-6/h5-6H,1-4H2,(H,10,18)(H,12,13,15,16). The van der Waals surface area contributed by atoms with Gasteiger partial charge in [-0.05, 0) is 12.8 Å². The van der Waals surface area contributed by atoms with Crippen LogP contribution in [0.15, 0.2) is 11.5 Å². The zero-order valence-corrected chi connectivity index (χ0v) is 10.8. The van der Waals surface area contributed by atoms with Crippen LogP contribution in [0.5, 0.6) is 0 Å². The molecule has 0 atom stereocenters. The number of carbonyl (C=O) groups excluding carboxylic acids is 1. The van der Waals surface area contributed by atoms with Gasteiger partial charge in [0.15, 0.2) is 11.0 Å². The number of aromatic nitrogens is 7. The summed E-state index contributed by atoms with van der Waals surface area (Å²) in [6, 6.07) is 0.514. The van der Waals surface area contributed by atoms with E-state index in [-0.39, 0.29) is 12.5 Å². The summed E-state index contributed by atoms with van der Waals surface area (Å²) in [5.74, 6) is 0.656. The zero-order valence-electron chi connectivity index (χ0n) is 9.98. The number of nitrogens with zero attached hydrogens (tertiary/aromatic N) is 6. The molecule has 10 heteroatoms. The van der Waals surface area contributed by atoms with Gasteiger partial charge in [-0.1, -0.05) is 17.0 Å². The first-order valence-electron chi connectivity index (χ1n) is 5.84. The van der Waals surface area contributed by atoms with Gasteiger partial charge in [0.1, 0.15) is 6.33 Å². The molecule has 0 aliphatic heterocycles.